The molecule has 1 saturated carbocycles. The summed E-state index contributed by atoms with van der Waals surface area (Å²) in [7, 11) is 0. The number of amidine groups is 1. The van der Waals surface area contributed by atoms with E-state index in [1.165, 1.54) is 0 Å². The smallest absolute Gasteiger partial charge is 0.276 e. The Balaban J connectivity index is 2.12. The number of halogens is 2. The number of nitrogens with two attached hydrogens (primary N) is 2. The molecule has 1 aliphatic heterocycles. The number of likely N-dealkylation sites (tertiary alicyclic amines) is 1. The predicted octanol–water partition coefficient (Wildman–Crippen LogP) is 0.357. The van der Waals surface area contributed by atoms with Crippen LogP contribution in [0, 0.1) is 11.3 Å². The maximum absolute atomic E-state index is 13.7. The van der Waals surface area contributed by atoms with E-state index >= 15 is 0 Å². The normalized spacial score (nSPS) is 28.5. The predicted molar refractivity (Wildman–Crippen MR) is 61.2 cm³/mol. The highest BCUT2D eigenvalue weighted by Crippen LogP contribution is 2.34. The fourth-order valence-electron chi connectivity index (χ4n) is 2.02. The van der Waals surface area contributed by atoms with Crippen molar-refractivity contribution in [1.82, 2.24) is 4.90 Å². The van der Waals surface area contributed by atoms with Crippen LogP contribution < -0.4 is 11.5 Å². The van der Waals surface area contributed by atoms with Crippen LogP contribution in [-0.2, 0) is 0 Å². The number of nitrogens with one attached hydrogen (secondary N) is 1. The van der Waals surface area contributed by atoms with Crippen LogP contribution in [0.15, 0.2) is 4.99 Å². The molecule has 1 heterocycles. The molecule has 0 radical (unpaired) electrons. The molecule has 1 saturated heterocycles. The Morgan fingerprint density at radius 3 is 2.59 bits per heavy atom. The van der Waals surface area contributed by atoms with E-state index in [9.17, 15) is 8.78 Å². The van der Waals surface area contributed by atoms with Gasteiger partial charge in [-0.05, 0) is 18.8 Å². The Morgan fingerprint density at radius 1 is 1.41 bits per heavy atom. The average molecular weight is 245 g/mol. The summed E-state index contributed by atoms with van der Waals surface area (Å²) in [6.45, 7) is 0.552. The highest BCUT2D eigenvalue weighted by molar-refractivity contribution is 5.91. The van der Waals surface area contributed by atoms with Gasteiger partial charge < -0.3 is 16.4 Å². The standard InChI is InChI=1S/C10H17F2N5/c11-10(12)3-4-17(9(14)15)7(10)8(13)16-5-6-1-2-6/h6-7H,1-5H2,(H2,13,16)(H3,14,15). The summed E-state index contributed by atoms with van der Waals surface area (Å²) in [5, 5.41) is 7.28. The third-order valence-electron chi connectivity index (χ3n) is 3.22. The van der Waals surface area contributed by atoms with Crippen LogP contribution >= 0.6 is 0 Å². The molecular formula is C10H17F2N5. The molecule has 0 aromatic carbocycles. The van der Waals surface area contributed by atoms with Crippen molar-refractivity contribution < 1.29 is 8.78 Å². The first kappa shape index (κ1) is 12.1. The Kier molecular flexibility index (Phi) is 2.92. The highest BCUT2D eigenvalue weighted by atomic mass is 19.3. The topological polar surface area (TPSA) is 91.5 Å². The molecule has 17 heavy (non-hydrogen) atoms. The molecule has 0 aromatic rings. The molecule has 1 atom stereocenters. The van der Waals surface area contributed by atoms with Gasteiger partial charge in [0, 0.05) is 19.5 Å². The number of nitrogens with zero attached hydrogens (tertiary/aromatic N) is 2. The van der Waals surface area contributed by atoms with Crippen LogP contribution in [0.1, 0.15) is 19.3 Å². The molecule has 0 bridgehead atoms. The molecule has 0 spiro atoms. The van der Waals surface area contributed by atoms with E-state index in [1.807, 2.05) is 0 Å². The minimum atomic E-state index is -2.96. The van der Waals surface area contributed by atoms with Gasteiger partial charge in [-0.3, -0.25) is 10.4 Å². The zero-order chi connectivity index (χ0) is 12.6. The monoisotopic (exact) mass is 245 g/mol. The first-order valence-corrected chi connectivity index (χ1v) is 5.70. The average Bonchev–Trinajstić information content (AvgIpc) is 2.98. The first-order valence-electron chi connectivity index (χ1n) is 5.70. The van der Waals surface area contributed by atoms with Crippen molar-refractivity contribution in [1.29, 1.82) is 5.41 Å². The summed E-state index contributed by atoms with van der Waals surface area (Å²) in [5.74, 6) is -2.94. The molecule has 1 unspecified atom stereocenters. The van der Waals surface area contributed by atoms with Crippen molar-refractivity contribution in [2.24, 2.45) is 22.4 Å². The van der Waals surface area contributed by atoms with Crippen LogP contribution in [0.2, 0.25) is 0 Å². The Labute approximate surface area is 98.4 Å². The third-order valence-corrected chi connectivity index (χ3v) is 3.22. The molecule has 5 N–H and O–H groups in total. The molecule has 0 amide bonds. The number of hydrogen-bond acceptors (Lipinski definition) is 2. The van der Waals surface area contributed by atoms with Gasteiger partial charge in [-0.2, -0.15) is 0 Å². The van der Waals surface area contributed by atoms with Gasteiger partial charge in [-0.15, -0.1) is 0 Å². The number of guanidine groups is 1. The fraction of sp³-hybridized carbons (Fsp3) is 0.800. The van der Waals surface area contributed by atoms with E-state index < -0.39 is 12.0 Å². The molecule has 7 heteroatoms. The summed E-state index contributed by atoms with van der Waals surface area (Å²) >= 11 is 0. The lowest BCUT2D eigenvalue weighted by molar-refractivity contribution is -0.00154. The van der Waals surface area contributed by atoms with Gasteiger partial charge in [0.15, 0.2) is 12.0 Å². The van der Waals surface area contributed by atoms with Gasteiger partial charge in [0.05, 0.1) is 0 Å². The SMILES string of the molecule is N=C(N)N1CCC(F)(F)C1C(N)=NCC1CC1. The molecular weight excluding hydrogens is 228 g/mol. The lowest BCUT2D eigenvalue weighted by Crippen LogP contribution is -2.52. The van der Waals surface area contributed by atoms with E-state index in [0.717, 1.165) is 17.7 Å². The molecule has 96 valence electrons. The summed E-state index contributed by atoms with van der Waals surface area (Å²) in [6, 6.07) is -1.35. The van der Waals surface area contributed by atoms with Gasteiger partial charge in [-0.25, -0.2) is 8.78 Å². The molecule has 2 aliphatic rings. The minimum Gasteiger partial charge on any atom is -0.386 e. The fourth-order valence-corrected chi connectivity index (χ4v) is 2.02. The van der Waals surface area contributed by atoms with Crippen LogP contribution in [0.3, 0.4) is 0 Å². The van der Waals surface area contributed by atoms with Gasteiger partial charge in [0.25, 0.3) is 5.92 Å². The number of hydrogen-bond donors (Lipinski definition) is 3. The summed E-state index contributed by atoms with van der Waals surface area (Å²) < 4.78 is 27.3. The van der Waals surface area contributed by atoms with Crippen molar-refractivity contribution in [2.75, 3.05) is 13.1 Å². The van der Waals surface area contributed by atoms with Gasteiger partial charge >= 0.3 is 0 Å². The summed E-state index contributed by atoms with van der Waals surface area (Å²) in [6.07, 6.45) is 1.85. The van der Waals surface area contributed by atoms with Gasteiger partial charge in [-0.1, -0.05) is 0 Å². The third kappa shape index (κ3) is 2.48. The van der Waals surface area contributed by atoms with Crippen LogP contribution in [-0.4, -0.2) is 41.7 Å². The van der Waals surface area contributed by atoms with Crippen LogP contribution in [0.5, 0.6) is 0 Å². The summed E-state index contributed by atoms with van der Waals surface area (Å²) in [4.78, 5) is 5.13. The van der Waals surface area contributed by atoms with Crippen LogP contribution in [0.4, 0.5) is 8.78 Å². The Bertz CT molecular complexity index is 351. The quantitative estimate of drug-likeness (QED) is 0.495. The van der Waals surface area contributed by atoms with E-state index in [4.69, 9.17) is 16.9 Å². The van der Waals surface area contributed by atoms with Crippen molar-refractivity contribution >= 4 is 11.8 Å². The zero-order valence-corrected chi connectivity index (χ0v) is 9.50. The second-order valence-corrected chi connectivity index (χ2v) is 4.70. The van der Waals surface area contributed by atoms with Gasteiger partial charge in [0.1, 0.15) is 5.84 Å². The molecule has 2 rings (SSSR count). The number of rotatable bonds is 3. The molecule has 0 aromatic heterocycles. The Hall–Kier alpha value is -1.40. The molecule has 5 nitrogen and oxygen atoms in total. The maximum Gasteiger partial charge on any atom is 0.276 e. The van der Waals surface area contributed by atoms with Crippen LogP contribution in [0.25, 0.3) is 0 Å². The second kappa shape index (κ2) is 4.12. The zero-order valence-electron chi connectivity index (χ0n) is 9.50. The second-order valence-electron chi connectivity index (χ2n) is 4.70. The summed E-state index contributed by atoms with van der Waals surface area (Å²) in [5.41, 5.74) is 10.9. The van der Waals surface area contributed by atoms with Crippen molar-refractivity contribution in [3.05, 3.63) is 0 Å². The van der Waals surface area contributed by atoms with E-state index in [1.54, 1.807) is 0 Å². The van der Waals surface area contributed by atoms with E-state index in [-0.39, 0.29) is 24.8 Å². The maximum atomic E-state index is 13.7. The lowest BCUT2D eigenvalue weighted by atomic mass is 10.1. The molecule has 1 aliphatic carbocycles. The first-order chi connectivity index (χ1) is 7.92. The lowest BCUT2D eigenvalue weighted by Gasteiger charge is -2.27. The van der Waals surface area contributed by atoms with Gasteiger partial charge in [0.2, 0.25) is 0 Å². The minimum absolute atomic E-state index is 0.0483. The van der Waals surface area contributed by atoms with Crippen molar-refractivity contribution in [2.45, 2.75) is 31.2 Å². The van der Waals surface area contributed by atoms with Crippen molar-refractivity contribution in [3.8, 4) is 0 Å². The Morgan fingerprint density at radius 2 is 2.06 bits per heavy atom. The highest BCUT2D eigenvalue weighted by Gasteiger charge is 2.51. The van der Waals surface area contributed by atoms with Crippen molar-refractivity contribution in [3.63, 3.8) is 0 Å². The molecule has 2 fully saturated rings. The number of alkyl halides is 2. The largest absolute Gasteiger partial charge is 0.386 e. The number of aliphatic imine (C=N–C) groups is 1. The van der Waals surface area contributed by atoms with E-state index in [0.29, 0.717) is 12.5 Å². The van der Waals surface area contributed by atoms with E-state index in [2.05, 4.69) is 4.99 Å².